The van der Waals surface area contributed by atoms with Gasteiger partial charge in [-0.25, -0.2) is 0 Å². The minimum absolute atomic E-state index is 0. The van der Waals surface area contributed by atoms with Gasteiger partial charge in [0, 0.05) is 34.1 Å². The maximum Gasteiger partial charge on any atom is 1.00 e. The van der Waals surface area contributed by atoms with Crippen molar-refractivity contribution < 1.29 is 85.4 Å². The molecule has 0 saturated carbocycles. The summed E-state index contributed by atoms with van der Waals surface area (Å²) in [7, 11) is 0. The summed E-state index contributed by atoms with van der Waals surface area (Å²) >= 11 is 0. The molecule has 0 bridgehead atoms. The van der Waals surface area contributed by atoms with Gasteiger partial charge >= 0.3 is 48.4 Å². The SMILES string of the molecule is [Fe].[H-].[H-].[Li+].[Mn].[Na+]. The number of rotatable bonds is 0. The van der Waals surface area contributed by atoms with E-state index in [0.29, 0.717) is 0 Å². The zero-order valence-electron chi connectivity index (χ0n) is 4.73. The van der Waals surface area contributed by atoms with Crippen molar-refractivity contribution in [2.24, 2.45) is 0 Å². The molecule has 0 aliphatic carbocycles. The van der Waals surface area contributed by atoms with Crippen LogP contribution in [0.4, 0.5) is 0 Å². The monoisotopic (exact) mass is 143 g/mol. The molecule has 0 fully saturated rings. The maximum absolute atomic E-state index is 0. The zero-order chi connectivity index (χ0) is 0. The molecule has 0 aromatic carbocycles. The van der Waals surface area contributed by atoms with Crippen LogP contribution in [0.25, 0.3) is 0 Å². The van der Waals surface area contributed by atoms with E-state index in [-0.39, 0.29) is 85.4 Å². The van der Waals surface area contributed by atoms with Crippen molar-refractivity contribution in [3.63, 3.8) is 0 Å². The average Bonchev–Trinajstić information content (AvgIpc) is 0. The Hall–Kier alpha value is 2.64. The summed E-state index contributed by atoms with van der Waals surface area (Å²) in [6, 6.07) is 0. The Morgan fingerprint density at radius 3 is 1.25 bits per heavy atom. The van der Waals surface area contributed by atoms with E-state index in [9.17, 15) is 0 Å². The van der Waals surface area contributed by atoms with E-state index in [0.717, 1.165) is 0 Å². The van der Waals surface area contributed by atoms with Crippen LogP contribution in [0.2, 0.25) is 0 Å². The predicted octanol–water partition coefficient (Wildman–Crippen LogP) is -5.77. The van der Waals surface area contributed by atoms with Crippen LogP contribution in [0, 0.1) is 0 Å². The quantitative estimate of drug-likeness (QED) is 0.296. The van der Waals surface area contributed by atoms with E-state index in [2.05, 4.69) is 0 Å². The third-order valence-electron chi connectivity index (χ3n) is 0. The van der Waals surface area contributed by atoms with Crippen LogP contribution in [0.5, 0.6) is 0 Å². The van der Waals surface area contributed by atoms with E-state index >= 15 is 0 Å². The van der Waals surface area contributed by atoms with E-state index < -0.39 is 0 Å². The molecule has 0 aromatic heterocycles. The third-order valence-corrected chi connectivity index (χ3v) is 0. The van der Waals surface area contributed by atoms with Crippen LogP contribution in [-0.4, -0.2) is 0 Å². The van der Waals surface area contributed by atoms with Crippen LogP contribution < -0.4 is 48.4 Å². The van der Waals surface area contributed by atoms with E-state index in [1.807, 2.05) is 0 Å². The Morgan fingerprint density at radius 2 is 1.25 bits per heavy atom. The summed E-state index contributed by atoms with van der Waals surface area (Å²) < 4.78 is 0. The van der Waals surface area contributed by atoms with Gasteiger partial charge in [-0.2, -0.15) is 0 Å². The normalized spacial score (nSPS) is 0. The molecule has 0 heterocycles. The van der Waals surface area contributed by atoms with Crippen LogP contribution in [0.15, 0.2) is 0 Å². The van der Waals surface area contributed by atoms with Crippen molar-refractivity contribution >= 4 is 0 Å². The molecule has 19 valence electrons. The van der Waals surface area contributed by atoms with Crippen LogP contribution in [0.1, 0.15) is 2.85 Å². The summed E-state index contributed by atoms with van der Waals surface area (Å²) in [4.78, 5) is 0. The standard InChI is InChI=1S/Fe.Li.Mn.Na.2H/q;+1;;+1;2*-1. The molecule has 0 aliphatic rings. The van der Waals surface area contributed by atoms with E-state index in [4.69, 9.17) is 0 Å². The second kappa shape index (κ2) is 17.4. The fourth-order valence-electron chi connectivity index (χ4n) is 0. The van der Waals surface area contributed by atoms with Crippen molar-refractivity contribution in [2.45, 2.75) is 0 Å². The van der Waals surface area contributed by atoms with Crippen LogP contribution in [0.3, 0.4) is 0 Å². The van der Waals surface area contributed by atoms with Gasteiger partial charge in [0.2, 0.25) is 0 Å². The van der Waals surface area contributed by atoms with E-state index in [1.165, 1.54) is 0 Å². The van der Waals surface area contributed by atoms with Gasteiger partial charge in [-0.1, -0.05) is 0 Å². The minimum Gasteiger partial charge on any atom is -1.00 e. The second-order valence-corrected chi connectivity index (χ2v) is 0. The molecule has 0 N–H and O–H groups in total. The Labute approximate surface area is 84.2 Å². The fraction of sp³-hybridized carbons (Fsp3) is 0. The molecule has 4 heavy (non-hydrogen) atoms. The molecule has 0 nitrogen and oxygen atoms in total. The van der Waals surface area contributed by atoms with Gasteiger partial charge in [-0.05, 0) is 0 Å². The second-order valence-electron chi connectivity index (χ2n) is 0. The average molecular weight is 143 g/mol. The molecule has 0 unspecified atom stereocenters. The largest absolute Gasteiger partial charge is 1.00 e. The molecule has 0 saturated heterocycles. The smallest absolute Gasteiger partial charge is 1.00 e. The topological polar surface area (TPSA) is 0 Å². The molecule has 1 radical (unpaired) electrons. The molecule has 0 spiro atoms. The molecule has 0 atom stereocenters. The van der Waals surface area contributed by atoms with Gasteiger partial charge in [0.05, 0.1) is 0 Å². The van der Waals surface area contributed by atoms with Gasteiger partial charge in [-0.15, -0.1) is 0 Å². The molecule has 0 amide bonds. The molecule has 0 aromatic rings. The minimum atomic E-state index is 0. The number of hydrogen-bond acceptors (Lipinski definition) is 0. The number of hydrogen-bond donors (Lipinski definition) is 0. The maximum atomic E-state index is 0. The Morgan fingerprint density at radius 1 is 1.25 bits per heavy atom. The van der Waals surface area contributed by atoms with Crippen molar-refractivity contribution in [2.75, 3.05) is 0 Å². The Kier molecular flexibility index (Phi) is 132. The first-order valence-corrected chi connectivity index (χ1v) is 0. The van der Waals surface area contributed by atoms with Crippen molar-refractivity contribution in [1.29, 1.82) is 0 Å². The molecular weight excluding hydrogens is 141 g/mol. The van der Waals surface area contributed by atoms with Crippen molar-refractivity contribution in [3.8, 4) is 0 Å². The van der Waals surface area contributed by atoms with E-state index in [1.54, 1.807) is 0 Å². The Bertz CT molecular complexity index is 13.5. The molecule has 0 rings (SSSR count). The summed E-state index contributed by atoms with van der Waals surface area (Å²) in [6.45, 7) is 0. The summed E-state index contributed by atoms with van der Waals surface area (Å²) in [6.07, 6.45) is 0. The van der Waals surface area contributed by atoms with Gasteiger partial charge in [0.25, 0.3) is 0 Å². The zero-order valence-corrected chi connectivity index (χ0v) is 7.02. The fourth-order valence-corrected chi connectivity index (χ4v) is 0. The summed E-state index contributed by atoms with van der Waals surface area (Å²) in [5.41, 5.74) is 0. The van der Waals surface area contributed by atoms with Crippen molar-refractivity contribution in [3.05, 3.63) is 0 Å². The summed E-state index contributed by atoms with van der Waals surface area (Å²) in [5, 5.41) is 0. The molecule has 0 aliphatic heterocycles. The van der Waals surface area contributed by atoms with Crippen molar-refractivity contribution in [1.82, 2.24) is 0 Å². The van der Waals surface area contributed by atoms with Gasteiger partial charge in [0.15, 0.2) is 0 Å². The first kappa shape index (κ1) is 30.3. The van der Waals surface area contributed by atoms with Crippen LogP contribution in [-0.2, 0) is 34.1 Å². The molecule has 4 heteroatoms. The Balaban J connectivity index is 0. The van der Waals surface area contributed by atoms with Gasteiger partial charge in [-0.3, -0.25) is 0 Å². The predicted molar refractivity (Wildman–Crippen MR) is 2.22 cm³/mol. The van der Waals surface area contributed by atoms with Gasteiger partial charge < -0.3 is 2.85 Å². The van der Waals surface area contributed by atoms with Crippen LogP contribution >= 0.6 is 0 Å². The molecular formula is H2FeLiMnNa. The summed E-state index contributed by atoms with van der Waals surface area (Å²) in [5.74, 6) is 0. The first-order chi connectivity index (χ1) is 0. The first-order valence-electron chi connectivity index (χ1n) is 0. The third kappa shape index (κ3) is 8.82. The van der Waals surface area contributed by atoms with Gasteiger partial charge in [0.1, 0.15) is 0 Å².